The number of benzene rings is 4. The Morgan fingerprint density at radius 2 is 1.53 bits per heavy atom. The zero-order valence-corrected chi connectivity index (χ0v) is 34.2. The van der Waals surface area contributed by atoms with Gasteiger partial charge in [0.15, 0.2) is 0 Å². The Kier molecular flexibility index (Phi) is 11.0. The minimum absolute atomic E-state index is 0.0371. The number of aryl methyl sites for hydroxylation is 1. The predicted molar refractivity (Wildman–Crippen MR) is 227 cm³/mol. The fourth-order valence-electron chi connectivity index (χ4n) is 8.68. The number of hydrogen-bond donors (Lipinski definition) is 1. The molecule has 1 atom stereocenters. The average Bonchev–Trinajstić information content (AvgIpc) is 3.64. The molecule has 3 aliphatic heterocycles. The van der Waals surface area contributed by atoms with Gasteiger partial charge in [-0.25, -0.2) is 4.79 Å². The molecule has 0 radical (unpaired) electrons. The highest BCUT2D eigenvalue weighted by molar-refractivity contribution is 6.08. The molecule has 4 aromatic carbocycles. The average molecular weight is 794 g/mol. The van der Waals surface area contributed by atoms with Gasteiger partial charge in [-0.3, -0.25) is 14.4 Å². The van der Waals surface area contributed by atoms with Crippen molar-refractivity contribution in [1.82, 2.24) is 19.3 Å². The fourth-order valence-corrected chi connectivity index (χ4v) is 8.68. The number of phenols is 1. The number of hydrogen-bond acceptors (Lipinski definition) is 6. The first-order valence-electron chi connectivity index (χ1n) is 20.5. The van der Waals surface area contributed by atoms with Crippen LogP contribution in [-0.2, 0) is 50.1 Å². The Balaban J connectivity index is 1.12. The van der Waals surface area contributed by atoms with Crippen LogP contribution >= 0.6 is 0 Å². The normalized spacial score (nSPS) is 15.8. The molecule has 0 spiro atoms. The molecule has 1 N–H and O–H groups in total. The number of aromatic hydroxyl groups is 1. The maximum absolute atomic E-state index is 15.0. The Hall–Kier alpha value is -6.36. The van der Waals surface area contributed by atoms with Crippen molar-refractivity contribution in [2.24, 2.45) is 0 Å². The van der Waals surface area contributed by atoms with E-state index in [0.717, 1.165) is 71.4 Å². The number of carbonyl (C=O) groups is 4. The Bertz CT molecular complexity index is 2420. The van der Waals surface area contributed by atoms with Crippen molar-refractivity contribution in [2.75, 3.05) is 32.6 Å². The molecule has 0 saturated heterocycles. The molecule has 8 rings (SSSR count). The van der Waals surface area contributed by atoms with Crippen molar-refractivity contribution >= 4 is 29.5 Å². The number of phenolic OH excluding ortho intramolecular Hbond substituents is 1. The van der Waals surface area contributed by atoms with Gasteiger partial charge in [0.25, 0.3) is 11.8 Å². The standard InChI is InChI=1S/C48H51N5O6/c1-31-25-33-9-5-6-10-35(33)30-53(31)47(57)41-27-36-29-51(48(58)59-39-19-12-32(13-20-39)14-21-45(55)49(2)3)24-22-34(36)26-40(41)44-28-42(43-11-7-8-23-52(43)44)46(56)50(4)37-15-17-38(54)18-16-37/h5-6,9-10,12-13,15-20,26-28,31,54H,7-8,11,14,21-25,29-30H2,1-4H3. The number of carbonyl (C=O) groups excluding carboxylic acids is 4. The van der Waals surface area contributed by atoms with Crippen LogP contribution in [0.1, 0.15) is 80.4 Å². The number of ether oxygens (including phenoxy) is 1. The summed E-state index contributed by atoms with van der Waals surface area (Å²) in [5.74, 6) is 0.376. The molecular weight excluding hydrogens is 743 g/mol. The molecule has 0 aliphatic carbocycles. The van der Waals surface area contributed by atoms with Gasteiger partial charge >= 0.3 is 6.09 Å². The molecule has 1 unspecified atom stereocenters. The van der Waals surface area contributed by atoms with Crippen LogP contribution in [-0.4, -0.2) is 81.9 Å². The zero-order valence-electron chi connectivity index (χ0n) is 34.2. The molecule has 59 heavy (non-hydrogen) atoms. The maximum atomic E-state index is 15.0. The molecule has 0 saturated carbocycles. The van der Waals surface area contributed by atoms with Crippen LogP contribution in [0.4, 0.5) is 10.5 Å². The van der Waals surface area contributed by atoms with Crippen LogP contribution in [0.3, 0.4) is 0 Å². The van der Waals surface area contributed by atoms with Gasteiger partial charge in [-0.05, 0) is 128 Å². The largest absolute Gasteiger partial charge is 0.508 e. The molecule has 0 bridgehead atoms. The summed E-state index contributed by atoms with van der Waals surface area (Å²) in [5.41, 5.74) is 9.72. The molecule has 11 heteroatoms. The SMILES string of the molecule is CC1Cc2ccccc2CN1C(=O)c1cc2c(cc1-c1cc(C(=O)N(C)c3ccc(O)cc3)c3n1CCCC3)CCN(C(=O)Oc1ccc(CCC(=O)N(C)C)cc1)C2. The molecular formula is C48H51N5O6. The minimum Gasteiger partial charge on any atom is -0.508 e. The third kappa shape index (κ3) is 8.06. The van der Waals surface area contributed by atoms with Gasteiger partial charge in [0.05, 0.1) is 5.56 Å². The maximum Gasteiger partial charge on any atom is 0.415 e. The molecule has 3 aliphatic rings. The van der Waals surface area contributed by atoms with E-state index < -0.39 is 6.09 Å². The first-order chi connectivity index (χ1) is 28.4. The summed E-state index contributed by atoms with van der Waals surface area (Å²) in [6, 6.07) is 28.1. The van der Waals surface area contributed by atoms with Gasteiger partial charge in [-0.2, -0.15) is 0 Å². The topological polar surface area (TPSA) is 116 Å². The lowest BCUT2D eigenvalue weighted by molar-refractivity contribution is -0.128. The number of fused-ring (bicyclic) bond motifs is 3. The van der Waals surface area contributed by atoms with E-state index in [0.29, 0.717) is 54.9 Å². The number of rotatable bonds is 8. The van der Waals surface area contributed by atoms with E-state index in [1.807, 2.05) is 41.3 Å². The van der Waals surface area contributed by atoms with Crippen molar-refractivity contribution in [3.63, 3.8) is 0 Å². The summed E-state index contributed by atoms with van der Waals surface area (Å²) in [6.07, 6.45) is 4.52. The van der Waals surface area contributed by atoms with Gasteiger partial charge in [0.2, 0.25) is 5.91 Å². The number of aromatic nitrogens is 1. The lowest BCUT2D eigenvalue weighted by Crippen LogP contribution is -2.43. The van der Waals surface area contributed by atoms with Gasteiger partial charge in [-0.15, -0.1) is 0 Å². The molecule has 4 amide bonds. The highest BCUT2D eigenvalue weighted by Gasteiger charge is 2.34. The second-order valence-electron chi connectivity index (χ2n) is 16.3. The summed E-state index contributed by atoms with van der Waals surface area (Å²) >= 11 is 0. The summed E-state index contributed by atoms with van der Waals surface area (Å²) in [6.45, 7) is 4.04. The summed E-state index contributed by atoms with van der Waals surface area (Å²) in [7, 11) is 5.23. The molecule has 11 nitrogen and oxygen atoms in total. The van der Waals surface area contributed by atoms with E-state index >= 15 is 4.79 Å². The molecule has 5 aromatic rings. The molecule has 1 aromatic heterocycles. The fraction of sp³-hybridized carbons (Fsp3) is 0.333. The van der Waals surface area contributed by atoms with Crippen LogP contribution in [0, 0.1) is 0 Å². The highest BCUT2D eigenvalue weighted by Crippen LogP contribution is 2.38. The molecule has 304 valence electrons. The third-order valence-corrected chi connectivity index (χ3v) is 12.2. The van der Waals surface area contributed by atoms with Crippen LogP contribution in [0.2, 0.25) is 0 Å². The van der Waals surface area contributed by atoms with E-state index in [1.54, 1.807) is 72.2 Å². The van der Waals surface area contributed by atoms with E-state index in [9.17, 15) is 19.5 Å². The van der Waals surface area contributed by atoms with Gasteiger partial charge < -0.3 is 34.0 Å². The first-order valence-corrected chi connectivity index (χ1v) is 20.5. The second-order valence-corrected chi connectivity index (χ2v) is 16.3. The van der Waals surface area contributed by atoms with Gasteiger partial charge in [-0.1, -0.05) is 36.4 Å². The summed E-state index contributed by atoms with van der Waals surface area (Å²) in [5, 5.41) is 9.87. The molecule has 0 fully saturated rings. The molecule has 4 heterocycles. The summed E-state index contributed by atoms with van der Waals surface area (Å²) < 4.78 is 8.06. The smallest absolute Gasteiger partial charge is 0.415 e. The van der Waals surface area contributed by atoms with Gasteiger partial charge in [0, 0.05) is 88.0 Å². The van der Waals surface area contributed by atoms with E-state index in [2.05, 4.69) is 29.7 Å². The van der Waals surface area contributed by atoms with Crippen molar-refractivity contribution in [2.45, 2.75) is 77.5 Å². The van der Waals surface area contributed by atoms with E-state index in [4.69, 9.17) is 4.74 Å². The van der Waals surface area contributed by atoms with E-state index in [-0.39, 0.29) is 36.1 Å². The Morgan fingerprint density at radius 1 is 0.780 bits per heavy atom. The van der Waals surface area contributed by atoms with Gasteiger partial charge in [0.1, 0.15) is 11.5 Å². The lowest BCUT2D eigenvalue weighted by atomic mass is 9.90. The lowest BCUT2D eigenvalue weighted by Gasteiger charge is -2.36. The van der Waals surface area contributed by atoms with Crippen LogP contribution in [0.25, 0.3) is 11.3 Å². The Morgan fingerprint density at radius 3 is 2.27 bits per heavy atom. The van der Waals surface area contributed by atoms with Crippen LogP contribution in [0.15, 0.2) is 91.0 Å². The van der Waals surface area contributed by atoms with Crippen molar-refractivity contribution < 1.29 is 29.0 Å². The first kappa shape index (κ1) is 39.5. The number of nitrogens with zero attached hydrogens (tertiary/aromatic N) is 5. The van der Waals surface area contributed by atoms with Crippen LogP contribution < -0.4 is 9.64 Å². The zero-order chi connectivity index (χ0) is 41.4. The predicted octanol–water partition coefficient (Wildman–Crippen LogP) is 7.64. The quantitative estimate of drug-likeness (QED) is 0.173. The van der Waals surface area contributed by atoms with Crippen LogP contribution in [0.5, 0.6) is 11.5 Å². The third-order valence-electron chi connectivity index (χ3n) is 12.2. The second kappa shape index (κ2) is 16.5. The minimum atomic E-state index is -0.467. The number of amides is 4. The van der Waals surface area contributed by atoms with E-state index in [1.165, 1.54) is 5.56 Å². The van der Waals surface area contributed by atoms with Crippen molar-refractivity contribution in [3.8, 4) is 22.8 Å². The number of anilines is 1. The Labute approximate surface area is 345 Å². The van der Waals surface area contributed by atoms with Crippen molar-refractivity contribution in [3.05, 3.63) is 136 Å². The van der Waals surface area contributed by atoms with Crippen molar-refractivity contribution in [1.29, 1.82) is 0 Å². The monoisotopic (exact) mass is 793 g/mol. The highest BCUT2D eigenvalue weighted by atomic mass is 16.6. The summed E-state index contributed by atoms with van der Waals surface area (Å²) in [4.78, 5) is 61.7.